The number of morpholine rings is 1. The Morgan fingerprint density at radius 1 is 1.48 bits per heavy atom. The van der Waals surface area contributed by atoms with E-state index in [-0.39, 0.29) is 18.9 Å². The number of methoxy groups -OCH3 is 1. The van der Waals surface area contributed by atoms with Gasteiger partial charge in [0.25, 0.3) is 0 Å². The standard InChI is InChI=1S/C16H18N2O5/c1-22-11-2-3-13-12(7-11)10(8-17-13)6-15(19)18-4-5-23-9-14(18)16(20)21/h2-3,7-8,14,17H,4-6,9H2,1H3,(H,20,21)/t14-/m0/s1. The van der Waals surface area contributed by atoms with Gasteiger partial charge in [-0.2, -0.15) is 0 Å². The number of ether oxygens (including phenoxy) is 2. The molecule has 7 heteroatoms. The molecule has 23 heavy (non-hydrogen) atoms. The summed E-state index contributed by atoms with van der Waals surface area (Å²) in [6.45, 7) is 0.682. The summed E-state index contributed by atoms with van der Waals surface area (Å²) >= 11 is 0. The van der Waals surface area contributed by atoms with Crippen LogP contribution < -0.4 is 4.74 Å². The number of nitrogens with zero attached hydrogens (tertiary/aromatic N) is 1. The fourth-order valence-electron chi connectivity index (χ4n) is 2.80. The molecule has 1 aromatic carbocycles. The number of hydrogen-bond acceptors (Lipinski definition) is 4. The summed E-state index contributed by atoms with van der Waals surface area (Å²) in [5, 5.41) is 10.1. The van der Waals surface area contributed by atoms with Gasteiger partial charge in [0.15, 0.2) is 6.04 Å². The van der Waals surface area contributed by atoms with Crippen molar-refractivity contribution in [3.05, 3.63) is 30.0 Å². The van der Waals surface area contributed by atoms with Gasteiger partial charge in [0.05, 0.1) is 26.7 Å². The molecule has 2 aromatic rings. The molecular formula is C16H18N2O5. The van der Waals surface area contributed by atoms with E-state index in [0.29, 0.717) is 18.9 Å². The summed E-state index contributed by atoms with van der Waals surface area (Å²) in [5.41, 5.74) is 1.73. The van der Waals surface area contributed by atoms with Gasteiger partial charge in [-0.3, -0.25) is 4.79 Å². The fourth-order valence-corrected chi connectivity index (χ4v) is 2.80. The van der Waals surface area contributed by atoms with Crippen molar-refractivity contribution in [3.8, 4) is 5.75 Å². The number of aromatic amines is 1. The minimum absolute atomic E-state index is 0.0305. The quantitative estimate of drug-likeness (QED) is 0.878. The van der Waals surface area contributed by atoms with E-state index < -0.39 is 12.0 Å². The van der Waals surface area contributed by atoms with Crippen molar-refractivity contribution in [2.45, 2.75) is 12.5 Å². The lowest BCUT2D eigenvalue weighted by Crippen LogP contribution is -2.53. The smallest absolute Gasteiger partial charge is 0.328 e. The third-order valence-corrected chi connectivity index (χ3v) is 4.05. The molecule has 0 unspecified atom stereocenters. The van der Waals surface area contributed by atoms with Crippen molar-refractivity contribution in [2.75, 3.05) is 26.9 Å². The van der Waals surface area contributed by atoms with Gasteiger partial charge in [-0.15, -0.1) is 0 Å². The number of aromatic nitrogens is 1. The number of carbonyl (C=O) groups is 2. The molecule has 1 aliphatic heterocycles. The van der Waals surface area contributed by atoms with Gasteiger partial charge in [-0.1, -0.05) is 0 Å². The first-order chi connectivity index (χ1) is 11.1. The lowest BCUT2D eigenvalue weighted by molar-refractivity contribution is -0.157. The summed E-state index contributed by atoms with van der Waals surface area (Å²) in [6, 6.07) is 4.67. The highest BCUT2D eigenvalue weighted by molar-refractivity contribution is 5.91. The molecule has 1 saturated heterocycles. The Morgan fingerprint density at radius 2 is 2.30 bits per heavy atom. The topological polar surface area (TPSA) is 91.9 Å². The molecule has 1 aliphatic rings. The first kappa shape index (κ1) is 15.4. The van der Waals surface area contributed by atoms with E-state index in [1.54, 1.807) is 13.3 Å². The van der Waals surface area contributed by atoms with Gasteiger partial charge in [-0.25, -0.2) is 4.79 Å². The zero-order valence-corrected chi connectivity index (χ0v) is 12.7. The van der Waals surface area contributed by atoms with Gasteiger partial charge < -0.3 is 24.5 Å². The Kier molecular flexibility index (Phi) is 4.20. The predicted octanol–water partition coefficient (Wildman–Crippen LogP) is 1.03. The minimum atomic E-state index is -1.04. The zero-order chi connectivity index (χ0) is 16.4. The predicted molar refractivity (Wildman–Crippen MR) is 82.5 cm³/mol. The van der Waals surface area contributed by atoms with Crippen LogP contribution in [0.5, 0.6) is 5.75 Å². The molecule has 0 bridgehead atoms. The van der Waals surface area contributed by atoms with Gasteiger partial charge >= 0.3 is 5.97 Å². The first-order valence-electron chi connectivity index (χ1n) is 7.34. The highest BCUT2D eigenvalue weighted by atomic mass is 16.5. The van der Waals surface area contributed by atoms with E-state index in [1.807, 2.05) is 18.2 Å². The van der Waals surface area contributed by atoms with Crippen LogP contribution in [0.2, 0.25) is 0 Å². The molecule has 1 aromatic heterocycles. The van der Waals surface area contributed by atoms with Gasteiger partial charge in [0.2, 0.25) is 5.91 Å². The Labute approximate surface area is 132 Å². The molecule has 0 aliphatic carbocycles. The highest BCUT2D eigenvalue weighted by Gasteiger charge is 2.32. The third-order valence-electron chi connectivity index (χ3n) is 4.05. The lowest BCUT2D eigenvalue weighted by atomic mass is 10.1. The molecule has 7 nitrogen and oxygen atoms in total. The van der Waals surface area contributed by atoms with Gasteiger partial charge in [0, 0.05) is 23.6 Å². The second-order valence-electron chi connectivity index (χ2n) is 5.42. The molecule has 0 radical (unpaired) electrons. The Balaban J connectivity index is 1.83. The fraction of sp³-hybridized carbons (Fsp3) is 0.375. The number of carbonyl (C=O) groups excluding carboxylic acids is 1. The average molecular weight is 318 g/mol. The van der Waals surface area contributed by atoms with Crippen LogP contribution in [0.3, 0.4) is 0 Å². The maximum atomic E-state index is 12.5. The molecule has 3 rings (SSSR count). The van der Waals surface area contributed by atoms with Crippen LogP contribution in [0.25, 0.3) is 10.9 Å². The van der Waals surface area contributed by atoms with Crippen molar-refractivity contribution >= 4 is 22.8 Å². The minimum Gasteiger partial charge on any atom is -0.497 e. The number of benzene rings is 1. The van der Waals surface area contributed by atoms with Crippen molar-refractivity contribution in [3.63, 3.8) is 0 Å². The van der Waals surface area contributed by atoms with Crippen molar-refractivity contribution in [1.29, 1.82) is 0 Å². The molecule has 1 amide bonds. The number of carboxylic acid groups (broad SMARTS) is 1. The molecule has 1 atom stereocenters. The first-order valence-corrected chi connectivity index (χ1v) is 7.34. The van der Waals surface area contributed by atoms with Gasteiger partial charge in [0.1, 0.15) is 5.75 Å². The monoisotopic (exact) mass is 318 g/mol. The van der Waals surface area contributed by atoms with Crippen LogP contribution in [-0.2, 0) is 20.7 Å². The summed E-state index contributed by atoms with van der Waals surface area (Å²) < 4.78 is 10.4. The normalized spacial score (nSPS) is 18.1. The number of amides is 1. The van der Waals surface area contributed by atoms with Crippen LogP contribution in [-0.4, -0.2) is 59.8 Å². The van der Waals surface area contributed by atoms with Crippen LogP contribution in [0.15, 0.2) is 24.4 Å². The zero-order valence-electron chi connectivity index (χ0n) is 12.7. The second-order valence-corrected chi connectivity index (χ2v) is 5.42. The van der Waals surface area contributed by atoms with Crippen LogP contribution >= 0.6 is 0 Å². The SMILES string of the molecule is COc1ccc2[nH]cc(CC(=O)N3CCOC[C@H]3C(=O)O)c2c1. The van der Waals surface area contributed by atoms with E-state index in [9.17, 15) is 14.7 Å². The number of nitrogens with one attached hydrogen (secondary N) is 1. The molecule has 1 fully saturated rings. The van der Waals surface area contributed by atoms with Crippen LogP contribution in [0, 0.1) is 0 Å². The molecule has 2 N–H and O–H groups in total. The number of hydrogen-bond donors (Lipinski definition) is 2. The van der Waals surface area contributed by atoms with E-state index >= 15 is 0 Å². The van der Waals surface area contributed by atoms with Crippen molar-refractivity contribution < 1.29 is 24.2 Å². The average Bonchev–Trinajstić information content (AvgIpc) is 2.96. The third kappa shape index (κ3) is 3.00. The number of aliphatic carboxylic acids is 1. The molecule has 2 heterocycles. The van der Waals surface area contributed by atoms with E-state index in [0.717, 1.165) is 16.5 Å². The Bertz CT molecular complexity index is 739. The highest BCUT2D eigenvalue weighted by Crippen LogP contribution is 2.24. The molecular weight excluding hydrogens is 300 g/mol. The van der Waals surface area contributed by atoms with Crippen LogP contribution in [0.1, 0.15) is 5.56 Å². The van der Waals surface area contributed by atoms with E-state index in [2.05, 4.69) is 4.98 Å². The number of H-pyrrole nitrogens is 1. The maximum absolute atomic E-state index is 12.5. The molecule has 0 spiro atoms. The Hall–Kier alpha value is -2.54. The molecule has 122 valence electrons. The lowest BCUT2D eigenvalue weighted by Gasteiger charge is -2.32. The summed E-state index contributed by atoms with van der Waals surface area (Å²) in [5.74, 6) is -0.552. The Morgan fingerprint density at radius 3 is 3.04 bits per heavy atom. The maximum Gasteiger partial charge on any atom is 0.328 e. The van der Waals surface area contributed by atoms with Crippen molar-refractivity contribution in [2.24, 2.45) is 0 Å². The summed E-state index contributed by atoms with van der Waals surface area (Å²) in [6.07, 6.45) is 1.91. The molecule has 0 saturated carbocycles. The number of fused-ring (bicyclic) bond motifs is 1. The largest absolute Gasteiger partial charge is 0.497 e. The number of rotatable bonds is 4. The van der Waals surface area contributed by atoms with E-state index in [1.165, 1.54) is 4.90 Å². The van der Waals surface area contributed by atoms with Gasteiger partial charge in [-0.05, 0) is 23.8 Å². The summed E-state index contributed by atoms with van der Waals surface area (Å²) in [7, 11) is 1.59. The second kappa shape index (κ2) is 6.29. The number of carboxylic acids is 1. The van der Waals surface area contributed by atoms with E-state index in [4.69, 9.17) is 9.47 Å². The summed E-state index contributed by atoms with van der Waals surface area (Å²) in [4.78, 5) is 28.3. The van der Waals surface area contributed by atoms with Crippen molar-refractivity contribution in [1.82, 2.24) is 9.88 Å². The van der Waals surface area contributed by atoms with Crippen LogP contribution in [0.4, 0.5) is 0 Å².